The first-order chi connectivity index (χ1) is 16.8. The fourth-order valence-corrected chi connectivity index (χ4v) is 3.74. The second kappa shape index (κ2) is 11.5. The Morgan fingerprint density at radius 1 is 0.838 bits per heavy atom. The van der Waals surface area contributed by atoms with Crippen LogP contribution in [0.3, 0.4) is 0 Å². The molecule has 0 aromatic heterocycles. The predicted octanol–water partition coefficient (Wildman–Crippen LogP) is 3.91. The van der Waals surface area contributed by atoms with Crippen LogP contribution in [0.25, 0.3) is 0 Å². The van der Waals surface area contributed by atoms with E-state index in [-0.39, 0.29) is 33.2 Å². The van der Waals surface area contributed by atoms with Crippen LogP contribution in [0.5, 0.6) is 5.75 Å². The number of phenolic OH excluding ortho intramolecular Hbond substituents is 1. The number of aromatic hydroxyl groups is 1. The average molecular weight is 601 g/mol. The third kappa shape index (κ3) is 7.32. The normalized spacial score (nSPS) is 11.9. The third-order valence-electron chi connectivity index (χ3n) is 4.42. The first-order valence-electron chi connectivity index (χ1n) is 9.48. The third-order valence-corrected chi connectivity index (χ3v) is 6.10. The summed E-state index contributed by atoms with van der Waals surface area (Å²) < 4.78 is 63.9. The van der Waals surface area contributed by atoms with Crippen molar-refractivity contribution >= 4 is 43.3 Å². The van der Waals surface area contributed by atoms with E-state index in [1.54, 1.807) is 18.2 Å². The standard InChI is InChI=1S/C20H16N5O9S2.Cu/c21-15-9-13(36(32,33)34)10-17(18(15)26)23-25-19(11-4-2-1-3-5-11)24-22-16-7-6-12(35(29,30)31)8-14(16)20(27)28;/h1-10,26H,21H2,(H,27,28)(H,29,30,31)(H,32,33,34);/q-1;/p+3. The molecule has 3 aromatic carbocycles. The summed E-state index contributed by atoms with van der Waals surface area (Å²) in [6.07, 6.45) is -0.235. The molecule has 0 atom stereocenters. The Morgan fingerprint density at radius 2 is 1.41 bits per heavy atom. The summed E-state index contributed by atoms with van der Waals surface area (Å²) in [6, 6.07) is 12.2. The molecule has 1 radical (unpaired) electrons. The number of aromatic carboxylic acids is 1. The number of anilines is 1. The molecule has 0 amide bonds. The van der Waals surface area contributed by atoms with Gasteiger partial charge in [-0.3, -0.25) is 9.11 Å². The number of nitrogens with two attached hydrogens (primary N) is 1. The van der Waals surface area contributed by atoms with Gasteiger partial charge < -0.3 is 15.9 Å². The van der Waals surface area contributed by atoms with Gasteiger partial charge in [-0.15, -0.1) is 17.7 Å². The van der Waals surface area contributed by atoms with E-state index < -0.39 is 58.7 Å². The van der Waals surface area contributed by atoms with Crippen LogP contribution >= 0.6 is 0 Å². The molecular formula is C20H19CuN5O9S2+2. The minimum absolute atomic E-state index is 0. The number of hydrogen-bond donors (Lipinski definition) is 5. The van der Waals surface area contributed by atoms with Crippen molar-refractivity contribution in [1.29, 1.82) is 0 Å². The van der Waals surface area contributed by atoms with Crippen molar-refractivity contribution in [3.63, 3.8) is 0 Å². The van der Waals surface area contributed by atoms with Crippen molar-refractivity contribution in [2.24, 2.45) is 20.5 Å². The fraction of sp³-hybridized carbons (Fsp3) is 0. The Morgan fingerprint density at radius 3 is 1.95 bits per heavy atom. The van der Waals surface area contributed by atoms with E-state index in [2.05, 4.69) is 20.5 Å². The van der Waals surface area contributed by atoms with E-state index in [4.69, 9.17) is 10.3 Å². The summed E-state index contributed by atoms with van der Waals surface area (Å²) in [7, 11) is -9.37. The number of carbonyl (C=O) groups is 1. The molecule has 0 unspecified atom stereocenters. The molecule has 0 spiro atoms. The summed E-state index contributed by atoms with van der Waals surface area (Å²) in [5.41, 5.74) is 4.15. The van der Waals surface area contributed by atoms with Crippen LogP contribution in [0.1, 0.15) is 20.2 Å². The maximum absolute atomic E-state index is 11.6. The Hall–Kier alpha value is -3.86. The molecule has 0 saturated carbocycles. The van der Waals surface area contributed by atoms with Gasteiger partial charge in [0, 0.05) is 17.1 Å². The quantitative estimate of drug-likeness (QED) is 0.0623. The molecule has 0 bridgehead atoms. The number of carboxylic acid groups (broad SMARTS) is 1. The van der Waals surface area contributed by atoms with E-state index in [1.807, 2.05) is 0 Å². The van der Waals surface area contributed by atoms with E-state index in [9.17, 15) is 36.4 Å². The Bertz CT molecular complexity index is 1610. The van der Waals surface area contributed by atoms with Crippen LogP contribution in [0.4, 0.5) is 17.1 Å². The van der Waals surface area contributed by atoms with Crippen molar-refractivity contribution < 1.29 is 62.3 Å². The van der Waals surface area contributed by atoms with Crippen molar-refractivity contribution in [3.05, 3.63) is 78.0 Å². The van der Waals surface area contributed by atoms with Gasteiger partial charge in [-0.1, -0.05) is 6.07 Å². The number of phenols is 1. The van der Waals surface area contributed by atoms with Crippen LogP contribution in [0.2, 0.25) is 0 Å². The van der Waals surface area contributed by atoms with E-state index in [0.29, 0.717) is 11.6 Å². The van der Waals surface area contributed by atoms with Crippen LogP contribution in [-0.2, 0) is 37.3 Å². The molecule has 0 heterocycles. The minimum Gasteiger partial charge on any atom is -0.504 e. The summed E-state index contributed by atoms with van der Waals surface area (Å²) in [6.45, 7) is 0. The molecule has 6 N–H and O–H groups in total. The fourth-order valence-electron chi connectivity index (χ4n) is 2.70. The molecule has 3 rings (SSSR count). The topological polar surface area (TPSA) is 242 Å². The summed E-state index contributed by atoms with van der Waals surface area (Å²) >= 11 is 0. The largest absolute Gasteiger partial charge is 1.00 e. The zero-order chi connectivity index (χ0) is 26.7. The minimum atomic E-state index is -4.69. The average Bonchev–Trinajstić information content (AvgIpc) is 2.80. The van der Waals surface area contributed by atoms with Crippen LogP contribution < -0.4 is 5.73 Å². The molecule has 0 aliphatic rings. The van der Waals surface area contributed by atoms with Crippen molar-refractivity contribution in [1.82, 2.24) is 0 Å². The van der Waals surface area contributed by atoms with E-state index >= 15 is 0 Å². The molecule has 0 fully saturated rings. The zero-order valence-corrected chi connectivity index (χ0v) is 20.7. The molecule has 199 valence electrons. The van der Waals surface area contributed by atoms with Gasteiger partial charge in [0.05, 0.1) is 32.9 Å². The van der Waals surface area contributed by atoms with Gasteiger partial charge in [0.15, 0.2) is 5.75 Å². The van der Waals surface area contributed by atoms with Crippen molar-refractivity contribution in [3.8, 4) is 5.75 Å². The van der Waals surface area contributed by atoms with Gasteiger partial charge in [-0.25, -0.2) is 4.79 Å². The van der Waals surface area contributed by atoms with Gasteiger partial charge in [0.2, 0.25) is 0 Å². The number of hydrogen-bond acceptors (Lipinski definition) is 11. The van der Waals surface area contributed by atoms with Crippen LogP contribution in [0, 0.1) is 6.17 Å². The summed E-state index contributed by atoms with van der Waals surface area (Å²) in [5.74, 6) is -2.19. The van der Waals surface area contributed by atoms with Gasteiger partial charge in [-0.2, -0.15) is 49.4 Å². The van der Waals surface area contributed by atoms with Crippen LogP contribution in [0.15, 0.2) is 90.9 Å². The number of rotatable bonds is 8. The molecule has 3 aromatic rings. The molecule has 0 saturated heterocycles. The van der Waals surface area contributed by atoms with Crippen LogP contribution in [-0.4, -0.2) is 42.1 Å². The Kier molecular flexibility index (Phi) is 9.10. The number of azo groups is 2. The molecular weight excluding hydrogens is 582 g/mol. The van der Waals surface area contributed by atoms with E-state index in [0.717, 1.165) is 24.3 Å². The molecule has 17 heteroatoms. The summed E-state index contributed by atoms with van der Waals surface area (Å²) in [4.78, 5) is 10.3. The maximum Gasteiger partial charge on any atom is 1.00 e. The van der Waals surface area contributed by atoms with Gasteiger partial charge in [0.1, 0.15) is 5.69 Å². The van der Waals surface area contributed by atoms with Gasteiger partial charge in [0.25, 0.3) is 20.2 Å². The van der Waals surface area contributed by atoms with Crippen molar-refractivity contribution in [2.75, 3.05) is 5.73 Å². The first-order valence-corrected chi connectivity index (χ1v) is 12.4. The number of benzene rings is 3. The number of nitrogen functional groups attached to an aromatic ring is 1. The Balaban J connectivity index is 0. The predicted molar refractivity (Wildman–Crippen MR) is 127 cm³/mol. The smallest absolute Gasteiger partial charge is 0.504 e. The van der Waals surface area contributed by atoms with E-state index in [1.165, 1.54) is 12.1 Å². The van der Waals surface area contributed by atoms with Crippen molar-refractivity contribution in [2.45, 2.75) is 9.79 Å². The molecule has 0 aliphatic heterocycles. The van der Waals surface area contributed by atoms with Gasteiger partial charge in [-0.05, 0) is 30.3 Å². The van der Waals surface area contributed by atoms with Gasteiger partial charge >= 0.3 is 10.2 Å². The molecule has 14 nitrogen and oxygen atoms in total. The first kappa shape index (κ1) is 29.4. The monoisotopic (exact) mass is 600 g/mol. The zero-order valence-electron chi connectivity index (χ0n) is 21.1. The molecule has 0 aliphatic carbocycles. The maximum atomic E-state index is 11.6. The summed E-state index contributed by atoms with van der Waals surface area (Å²) in [5, 5.41) is 34.7. The second-order valence-corrected chi connectivity index (χ2v) is 9.75. The number of nitrogens with zero attached hydrogens (tertiary/aromatic N) is 4. The Labute approximate surface area is 225 Å². The second-order valence-electron chi connectivity index (χ2n) is 6.90. The molecule has 37 heavy (non-hydrogen) atoms. The number of carboxylic acids is 1. The SMILES string of the molecule is Nc1cc(S(=O)(=O)O)cc(N=N[C-](N=Nc2ccc(S(=O)(=O)O)cc2C(=O)O)c2ccccc2)c1O.[Cu].[H+].[H+].[H+].